The normalized spacial score (nSPS) is 14.8. The Balaban J connectivity index is 1.73. The lowest BCUT2D eigenvalue weighted by Crippen LogP contribution is -2.20. The summed E-state index contributed by atoms with van der Waals surface area (Å²) in [5, 5.41) is 4.27. The van der Waals surface area contributed by atoms with Gasteiger partial charge in [0.25, 0.3) is 0 Å². The molecule has 2 aromatic heterocycles. The van der Waals surface area contributed by atoms with E-state index < -0.39 is 0 Å². The van der Waals surface area contributed by atoms with E-state index in [1.54, 1.807) is 29.2 Å². The van der Waals surface area contributed by atoms with Crippen molar-refractivity contribution in [2.24, 2.45) is 7.05 Å². The Morgan fingerprint density at radius 2 is 1.83 bits per heavy atom. The number of rotatable bonds is 4. The van der Waals surface area contributed by atoms with Gasteiger partial charge in [-0.3, -0.25) is 9.48 Å². The fraction of sp³-hybridized carbons (Fsp3) is 0.412. The van der Waals surface area contributed by atoms with E-state index in [-0.39, 0.29) is 5.78 Å². The summed E-state index contributed by atoms with van der Waals surface area (Å²) in [6.07, 6.45) is 9.22. The van der Waals surface area contributed by atoms with Gasteiger partial charge in [-0.25, -0.2) is 9.97 Å². The van der Waals surface area contributed by atoms with Gasteiger partial charge in [0.1, 0.15) is 0 Å². The minimum Gasteiger partial charge on any atom is -0.341 e. The molecule has 0 aromatic carbocycles. The van der Waals surface area contributed by atoms with Gasteiger partial charge < -0.3 is 4.90 Å². The molecule has 0 spiro atoms. The van der Waals surface area contributed by atoms with Crippen molar-refractivity contribution < 1.29 is 4.79 Å². The maximum Gasteiger partial charge on any atom is 0.225 e. The minimum absolute atomic E-state index is 0.0447. The van der Waals surface area contributed by atoms with Gasteiger partial charge in [0.15, 0.2) is 5.78 Å². The van der Waals surface area contributed by atoms with Gasteiger partial charge in [-0.05, 0) is 38.8 Å². The average molecular weight is 311 g/mol. The first-order valence-electron chi connectivity index (χ1n) is 7.86. The van der Waals surface area contributed by atoms with Crippen molar-refractivity contribution in [2.75, 3.05) is 18.0 Å². The van der Waals surface area contributed by atoms with Crippen LogP contribution in [0.1, 0.15) is 40.2 Å². The first kappa shape index (κ1) is 15.4. The van der Waals surface area contributed by atoms with E-state index in [0.717, 1.165) is 36.0 Å². The molecule has 6 nitrogen and oxygen atoms in total. The summed E-state index contributed by atoms with van der Waals surface area (Å²) in [6, 6.07) is 0. The highest BCUT2D eigenvalue weighted by atomic mass is 16.1. The number of carbonyl (C=O) groups excluding carboxylic acids is 1. The van der Waals surface area contributed by atoms with E-state index in [9.17, 15) is 4.79 Å². The summed E-state index contributed by atoms with van der Waals surface area (Å²) < 4.78 is 1.73. The SMILES string of the molecule is Cc1nn(C)c(C)c1C(=O)/C=C\c1cnc(N2CCCC2)nc1. The maximum atomic E-state index is 12.4. The zero-order valence-corrected chi connectivity index (χ0v) is 13.8. The zero-order valence-electron chi connectivity index (χ0n) is 13.8. The van der Waals surface area contributed by atoms with Gasteiger partial charge in [0.05, 0.1) is 11.3 Å². The van der Waals surface area contributed by atoms with E-state index in [0.29, 0.717) is 5.56 Å². The van der Waals surface area contributed by atoms with E-state index in [1.807, 2.05) is 20.9 Å². The van der Waals surface area contributed by atoms with Gasteiger partial charge in [0, 0.05) is 43.8 Å². The minimum atomic E-state index is -0.0447. The summed E-state index contributed by atoms with van der Waals surface area (Å²) in [4.78, 5) is 23.3. The van der Waals surface area contributed by atoms with Crippen LogP contribution in [0.25, 0.3) is 6.08 Å². The third-order valence-electron chi connectivity index (χ3n) is 4.23. The number of carbonyl (C=O) groups is 1. The van der Waals surface area contributed by atoms with Gasteiger partial charge in [-0.15, -0.1) is 0 Å². The number of aromatic nitrogens is 4. The molecule has 0 aliphatic carbocycles. The van der Waals surface area contributed by atoms with Gasteiger partial charge in [-0.1, -0.05) is 0 Å². The molecule has 6 heteroatoms. The largest absolute Gasteiger partial charge is 0.341 e. The van der Waals surface area contributed by atoms with Crippen LogP contribution in [0.15, 0.2) is 18.5 Å². The Hall–Kier alpha value is -2.50. The Bertz CT molecular complexity index is 739. The predicted octanol–water partition coefficient (Wildman–Crippen LogP) is 2.32. The molecule has 0 amide bonds. The highest BCUT2D eigenvalue weighted by Crippen LogP contribution is 2.16. The molecule has 1 aliphatic heterocycles. The predicted molar refractivity (Wildman–Crippen MR) is 89.5 cm³/mol. The molecular formula is C17H21N5O. The molecule has 1 aliphatic rings. The van der Waals surface area contributed by atoms with Crippen molar-refractivity contribution in [3.05, 3.63) is 41.0 Å². The Morgan fingerprint density at radius 1 is 1.17 bits per heavy atom. The molecule has 120 valence electrons. The van der Waals surface area contributed by atoms with Crippen LogP contribution in [0.4, 0.5) is 5.95 Å². The van der Waals surface area contributed by atoms with Crippen LogP contribution in [-0.4, -0.2) is 38.6 Å². The van der Waals surface area contributed by atoms with Crippen LogP contribution in [0, 0.1) is 13.8 Å². The summed E-state index contributed by atoms with van der Waals surface area (Å²) in [5.74, 6) is 0.724. The highest BCUT2D eigenvalue weighted by molar-refractivity contribution is 6.08. The van der Waals surface area contributed by atoms with Crippen molar-refractivity contribution in [2.45, 2.75) is 26.7 Å². The number of anilines is 1. The summed E-state index contributed by atoms with van der Waals surface area (Å²) >= 11 is 0. The number of hydrogen-bond donors (Lipinski definition) is 0. The lowest BCUT2D eigenvalue weighted by Gasteiger charge is -2.14. The molecule has 0 N–H and O–H groups in total. The topological polar surface area (TPSA) is 63.9 Å². The third kappa shape index (κ3) is 3.16. The molecule has 1 fully saturated rings. The molecule has 0 unspecified atom stereocenters. The number of nitrogens with zero attached hydrogens (tertiary/aromatic N) is 5. The first-order valence-corrected chi connectivity index (χ1v) is 7.86. The highest BCUT2D eigenvalue weighted by Gasteiger charge is 2.15. The fourth-order valence-corrected chi connectivity index (χ4v) is 2.88. The fourth-order valence-electron chi connectivity index (χ4n) is 2.88. The van der Waals surface area contributed by atoms with Gasteiger partial charge in [-0.2, -0.15) is 5.10 Å². The molecule has 3 rings (SSSR count). The molecular weight excluding hydrogens is 290 g/mol. The van der Waals surface area contributed by atoms with Gasteiger partial charge in [0.2, 0.25) is 5.95 Å². The van der Waals surface area contributed by atoms with Crippen LogP contribution < -0.4 is 4.90 Å². The van der Waals surface area contributed by atoms with Crippen molar-refractivity contribution in [1.82, 2.24) is 19.7 Å². The molecule has 0 bridgehead atoms. The van der Waals surface area contributed by atoms with Crippen molar-refractivity contribution in [3.8, 4) is 0 Å². The van der Waals surface area contributed by atoms with Crippen LogP contribution in [0.3, 0.4) is 0 Å². The van der Waals surface area contributed by atoms with Crippen molar-refractivity contribution in [1.29, 1.82) is 0 Å². The molecule has 0 radical (unpaired) electrons. The van der Waals surface area contributed by atoms with Crippen LogP contribution in [0.2, 0.25) is 0 Å². The monoisotopic (exact) mass is 311 g/mol. The Morgan fingerprint density at radius 3 is 2.39 bits per heavy atom. The average Bonchev–Trinajstić information content (AvgIpc) is 3.15. The summed E-state index contributed by atoms with van der Waals surface area (Å²) in [5.41, 5.74) is 3.11. The molecule has 0 saturated carbocycles. The van der Waals surface area contributed by atoms with Crippen molar-refractivity contribution in [3.63, 3.8) is 0 Å². The lowest BCUT2D eigenvalue weighted by molar-refractivity contribution is 0.104. The molecule has 23 heavy (non-hydrogen) atoms. The summed E-state index contributed by atoms with van der Waals surface area (Å²) in [7, 11) is 1.84. The first-order chi connectivity index (χ1) is 11.1. The van der Waals surface area contributed by atoms with E-state index >= 15 is 0 Å². The third-order valence-corrected chi connectivity index (χ3v) is 4.23. The molecule has 0 atom stereocenters. The number of aryl methyl sites for hydroxylation is 2. The maximum absolute atomic E-state index is 12.4. The van der Waals surface area contributed by atoms with Crippen LogP contribution in [0.5, 0.6) is 0 Å². The number of ketones is 1. The van der Waals surface area contributed by atoms with Crippen molar-refractivity contribution >= 4 is 17.8 Å². The second-order valence-electron chi connectivity index (χ2n) is 5.88. The van der Waals surface area contributed by atoms with Crippen LogP contribution >= 0.6 is 0 Å². The van der Waals surface area contributed by atoms with E-state index in [1.165, 1.54) is 12.8 Å². The Labute approximate surface area is 135 Å². The zero-order chi connectivity index (χ0) is 16.4. The second-order valence-corrected chi connectivity index (χ2v) is 5.88. The second kappa shape index (κ2) is 6.32. The smallest absolute Gasteiger partial charge is 0.225 e. The van der Waals surface area contributed by atoms with E-state index in [4.69, 9.17) is 0 Å². The standard InChI is InChI=1S/C17H21N5O/c1-12-16(13(2)21(3)20-12)15(23)7-6-14-10-18-17(19-11-14)22-8-4-5-9-22/h6-7,10-11H,4-5,8-9H2,1-3H3/b7-6-. The van der Waals surface area contributed by atoms with Gasteiger partial charge >= 0.3 is 0 Å². The number of hydrogen-bond acceptors (Lipinski definition) is 5. The number of allylic oxidation sites excluding steroid dienone is 1. The lowest BCUT2D eigenvalue weighted by atomic mass is 10.1. The quantitative estimate of drug-likeness (QED) is 0.640. The Kier molecular flexibility index (Phi) is 4.23. The molecule has 1 saturated heterocycles. The molecule has 3 heterocycles. The van der Waals surface area contributed by atoms with Crippen LogP contribution in [-0.2, 0) is 7.05 Å². The summed E-state index contributed by atoms with van der Waals surface area (Å²) in [6.45, 7) is 5.79. The van der Waals surface area contributed by atoms with E-state index in [2.05, 4.69) is 20.0 Å². The molecule has 2 aromatic rings.